The number of imidazole rings is 1. The zero-order chi connectivity index (χ0) is 37.3. The Morgan fingerprint density at radius 3 is 2.62 bits per heavy atom. The number of H-pyrrole nitrogens is 1. The van der Waals surface area contributed by atoms with Crippen LogP contribution in [0.15, 0.2) is 78.4 Å². The number of carboxylic acids is 1. The number of carbonyl (C=O) groups excluding carboxylic acids is 2. The number of benzene rings is 4. The van der Waals surface area contributed by atoms with Crippen LogP contribution in [-0.4, -0.2) is 50.8 Å². The molecule has 9 nitrogen and oxygen atoms in total. The van der Waals surface area contributed by atoms with E-state index < -0.39 is 17.7 Å². The summed E-state index contributed by atoms with van der Waals surface area (Å²) >= 11 is 0. The standard InChI is InChI=1S/C29H24F3N3O.C12H12N2O3/c30-29(31,32)18-9-13-25-26(14-18)35-28(34-25)16-33-15-27(36)24-7-3-6-20-22-10-8-17-4-1-2-5-19(17)21(22)11-12-23(20)24;1-8-6-9-4-2-3-5-10(9)13-14(12(8)17)7-11(15)16/h3-4,6-10,12-14,33H,1-2,5,11,15-16H2,(H,34,35);2-6,13H,7H2,1H3,(H,15,16). The van der Waals surface area contributed by atoms with Crippen molar-refractivity contribution in [2.75, 3.05) is 18.5 Å². The molecule has 0 bridgehead atoms. The van der Waals surface area contributed by atoms with Crippen LogP contribution in [0.3, 0.4) is 0 Å². The molecule has 2 heterocycles. The molecule has 4 aromatic carbocycles. The largest absolute Gasteiger partial charge is 0.480 e. The minimum atomic E-state index is -4.41. The van der Waals surface area contributed by atoms with Crippen molar-refractivity contribution in [2.45, 2.75) is 45.3 Å². The zero-order valence-corrected chi connectivity index (χ0v) is 28.8. The monoisotopic (exact) mass is 719 g/mol. The predicted molar refractivity (Wildman–Crippen MR) is 196 cm³/mol. The second kappa shape index (κ2) is 14.5. The summed E-state index contributed by atoms with van der Waals surface area (Å²) in [7, 11) is 0. The highest BCUT2D eigenvalue weighted by Crippen LogP contribution is 2.31. The minimum absolute atomic E-state index is 0.0340. The van der Waals surface area contributed by atoms with E-state index in [4.69, 9.17) is 5.11 Å². The van der Waals surface area contributed by atoms with Gasteiger partial charge >= 0.3 is 12.1 Å². The van der Waals surface area contributed by atoms with Gasteiger partial charge in [0.25, 0.3) is 5.91 Å². The first-order valence-corrected chi connectivity index (χ1v) is 17.3. The number of nitrogens with one attached hydrogen (secondary N) is 3. The van der Waals surface area contributed by atoms with Crippen LogP contribution in [0.4, 0.5) is 18.9 Å². The number of fused-ring (bicyclic) bond motifs is 6. The molecular weight excluding hydrogens is 683 g/mol. The lowest BCUT2D eigenvalue weighted by molar-refractivity contribution is -0.142. The van der Waals surface area contributed by atoms with Gasteiger partial charge in [0.15, 0.2) is 5.78 Å². The summed E-state index contributed by atoms with van der Waals surface area (Å²) in [6.07, 6.45) is 6.03. The van der Waals surface area contributed by atoms with E-state index in [1.165, 1.54) is 34.1 Å². The van der Waals surface area contributed by atoms with Crippen molar-refractivity contribution in [1.82, 2.24) is 20.3 Å². The number of hydrazine groups is 1. The van der Waals surface area contributed by atoms with Crippen molar-refractivity contribution < 1.29 is 32.7 Å². The molecule has 2 aliphatic carbocycles. The maximum atomic E-state index is 13.1. The van der Waals surface area contributed by atoms with Gasteiger partial charge in [-0.1, -0.05) is 60.7 Å². The van der Waals surface area contributed by atoms with Crippen molar-refractivity contribution in [1.29, 1.82) is 0 Å². The van der Waals surface area contributed by atoms with E-state index in [2.05, 4.69) is 51.1 Å². The van der Waals surface area contributed by atoms with Crippen molar-refractivity contribution in [3.05, 3.63) is 133 Å². The molecule has 0 atom stereocenters. The predicted octanol–water partition coefficient (Wildman–Crippen LogP) is 5.64. The van der Waals surface area contributed by atoms with Crippen LogP contribution in [0, 0.1) is 10.4 Å². The smallest absolute Gasteiger partial charge is 0.416 e. The average molecular weight is 720 g/mol. The Morgan fingerprint density at radius 2 is 1.81 bits per heavy atom. The van der Waals surface area contributed by atoms with Crippen molar-refractivity contribution in [2.24, 2.45) is 0 Å². The third kappa shape index (κ3) is 7.49. The highest BCUT2D eigenvalue weighted by atomic mass is 19.4. The van der Waals surface area contributed by atoms with Crippen molar-refractivity contribution in [3.63, 3.8) is 0 Å². The van der Waals surface area contributed by atoms with Gasteiger partial charge in [-0.15, -0.1) is 0 Å². The second-order valence-corrected chi connectivity index (χ2v) is 13.2. The average Bonchev–Trinajstić information content (AvgIpc) is 3.51. The van der Waals surface area contributed by atoms with Gasteiger partial charge in [0.05, 0.1) is 35.4 Å². The highest BCUT2D eigenvalue weighted by molar-refractivity contribution is 6.01. The minimum Gasteiger partial charge on any atom is -0.480 e. The number of aromatic amines is 1. The number of rotatable bonds is 7. The number of aromatic nitrogens is 2. The second-order valence-electron chi connectivity index (χ2n) is 13.2. The number of hydrogen-bond donors (Lipinski definition) is 4. The molecule has 1 amide bonds. The highest BCUT2D eigenvalue weighted by Gasteiger charge is 2.30. The maximum absolute atomic E-state index is 13.1. The fourth-order valence-electron chi connectivity index (χ4n) is 7.07. The number of Topliss-reactive ketones (excluding diaryl/α,β-unsaturated/α-hetero) is 1. The third-order valence-corrected chi connectivity index (χ3v) is 9.57. The number of halogens is 3. The van der Waals surface area contributed by atoms with E-state index in [1.807, 2.05) is 30.3 Å². The number of aliphatic carboxylic acids is 1. The quantitative estimate of drug-likeness (QED) is 0.161. The number of anilines is 1. The molecular formula is C41H36F3N5O4. The van der Waals surface area contributed by atoms with Gasteiger partial charge in [0.2, 0.25) is 0 Å². The summed E-state index contributed by atoms with van der Waals surface area (Å²) in [6, 6.07) is 21.0. The molecule has 5 aromatic rings. The molecule has 12 heteroatoms. The van der Waals surface area contributed by atoms with Gasteiger partial charge in [0.1, 0.15) is 12.4 Å². The van der Waals surface area contributed by atoms with Gasteiger partial charge in [-0.05, 0) is 101 Å². The van der Waals surface area contributed by atoms with Gasteiger partial charge in [-0.3, -0.25) is 19.8 Å². The molecule has 0 fully saturated rings. The Morgan fingerprint density at radius 1 is 0.981 bits per heavy atom. The molecule has 4 N–H and O–H groups in total. The molecule has 270 valence electrons. The molecule has 53 heavy (non-hydrogen) atoms. The van der Waals surface area contributed by atoms with Crippen molar-refractivity contribution >= 4 is 52.6 Å². The van der Waals surface area contributed by atoms with E-state index in [0.29, 0.717) is 28.0 Å². The number of ketones is 1. The summed E-state index contributed by atoms with van der Waals surface area (Å²) in [5.74, 6) is -0.941. The van der Waals surface area contributed by atoms with E-state index >= 15 is 0 Å². The molecule has 3 aliphatic rings. The van der Waals surface area contributed by atoms with Crippen LogP contribution in [0.2, 0.25) is 0 Å². The molecule has 0 spiro atoms. The Labute approximate surface area is 301 Å². The fraction of sp³-hybridized carbons (Fsp3) is 0.220. The van der Waals surface area contributed by atoms with Crippen LogP contribution in [0.25, 0.3) is 29.3 Å². The molecule has 1 aliphatic heterocycles. The Balaban J connectivity index is 0.000000215. The molecule has 0 unspecified atom stereocenters. The maximum Gasteiger partial charge on any atom is 0.416 e. The third-order valence-electron chi connectivity index (χ3n) is 9.57. The van der Waals surface area contributed by atoms with Crippen LogP contribution in [0.1, 0.15) is 58.2 Å². The lowest BCUT2D eigenvalue weighted by atomic mass is 9.88. The number of alkyl halides is 3. The van der Waals surface area contributed by atoms with E-state index in [-0.39, 0.29) is 31.3 Å². The number of nitrogens with zero attached hydrogens (tertiary/aromatic N) is 2. The molecule has 1 aromatic heterocycles. The fourth-order valence-corrected chi connectivity index (χ4v) is 7.07. The first kappa shape index (κ1) is 35.4. The van der Waals surface area contributed by atoms with Crippen molar-refractivity contribution in [3.8, 4) is 0 Å². The summed E-state index contributed by atoms with van der Waals surface area (Å²) in [5, 5.41) is 17.6. The first-order valence-electron chi connectivity index (χ1n) is 17.3. The first-order chi connectivity index (χ1) is 25.5. The number of carboxylic acid groups (broad SMARTS) is 1. The number of carbonyl (C=O) groups is 3. The van der Waals surface area contributed by atoms with E-state index in [9.17, 15) is 27.6 Å². The summed E-state index contributed by atoms with van der Waals surface area (Å²) in [6.45, 7) is 1.63. The summed E-state index contributed by atoms with van der Waals surface area (Å²) < 4.78 is 38.9. The van der Waals surface area contributed by atoms with Crippen LogP contribution in [0.5, 0.6) is 0 Å². The lowest BCUT2D eigenvalue weighted by Gasteiger charge is -2.21. The van der Waals surface area contributed by atoms with E-state index in [1.54, 1.807) is 19.1 Å². The van der Waals surface area contributed by atoms with Gasteiger partial charge < -0.3 is 15.4 Å². The topological polar surface area (TPSA) is 127 Å². The molecule has 8 rings (SSSR count). The number of hydrogen-bond acceptors (Lipinski definition) is 6. The molecule has 0 radical (unpaired) electrons. The number of amides is 1. The Bertz CT molecular complexity index is 2540. The summed E-state index contributed by atoms with van der Waals surface area (Å²) in [5.41, 5.74) is 8.45. The summed E-state index contributed by atoms with van der Waals surface area (Å²) in [4.78, 5) is 43.0. The lowest BCUT2D eigenvalue weighted by Crippen LogP contribution is -2.39. The SMILES string of the molecule is CC1=Cc2ccccc2NN(CC(=O)O)C1=O.O=C(CNCc1nc2ccc(C(F)(F)F)cc2[nH]1)c1cccc2c1=CCc1c3c(ccc1=2)=CCCC3. The van der Waals surface area contributed by atoms with Crippen LogP contribution in [-0.2, 0) is 35.2 Å². The van der Waals surface area contributed by atoms with Gasteiger partial charge in [-0.2, -0.15) is 13.2 Å². The van der Waals surface area contributed by atoms with Crippen LogP contribution < -0.4 is 21.2 Å². The van der Waals surface area contributed by atoms with E-state index in [0.717, 1.165) is 58.1 Å². The molecule has 0 saturated carbocycles. The zero-order valence-electron chi connectivity index (χ0n) is 28.8. The van der Waals surface area contributed by atoms with Crippen LogP contribution >= 0.6 is 0 Å². The normalized spacial score (nSPS) is 14.5. The number of para-hydroxylation sites is 1. The Hall–Kier alpha value is -6.01. The van der Waals surface area contributed by atoms with Gasteiger partial charge in [0, 0.05) is 11.1 Å². The Kier molecular flexibility index (Phi) is 9.72. The molecule has 0 saturated heterocycles. The van der Waals surface area contributed by atoms with Gasteiger partial charge in [-0.25, -0.2) is 9.99 Å².